The lowest BCUT2D eigenvalue weighted by Gasteiger charge is -2.26. The zero-order chi connectivity index (χ0) is 25.0. The molecule has 0 saturated heterocycles. The lowest BCUT2D eigenvalue weighted by molar-refractivity contribution is -0.124. The summed E-state index contributed by atoms with van der Waals surface area (Å²) in [6, 6.07) is 19.5. The van der Waals surface area contributed by atoms with E-state index in [1.54, 1.807) is 12.4 Å². The summed E-state index contributed by atoms with van der Waals surface area (Å²) in [5, 5.41) is 13.2. The Morgan fingerprint density at radius 2 is 1.89 bits per heavy atom. The summed E-state index contributed by atoms with van der Waals surface area (Å²) in [7, 11) is 0. The minimum absolute atomic E-state index is 0.0237. The number of hydrogen-bond donors (Lipinski definition) is 3. The second-order valence-corrected chi connectivity index (χ2v) is 8.97. The normalized spacial score (nSPS) is 13.2. The van der Waals surface area contributed by atoms with Crippen molar-refractivity contribution >= 4 is 28.4 Å². The number of nitrogens with zero attached hydrogens (tertiary/aromatic N) is 4. The highest BCUT2D eigenvalue weighted by Gasteiger charge is 2.19. The van der Waals surface area contributed by atoms with E-state index in [2.05, 4.69) is 25.8 Å². The number of H-pyrrole nitrogens is 1. The Bertz CT molecular complexity index is 1530. The molecule has 3 heterocycles. The van der Waals surface area contributed by atoms with Crippen molar-refractivity contribution in [1.29, 1.82) is 0 Å². The number of ether oxygens (including phenoxy) is 1. The van der Waals surface area contributed by atoms with Crippen LogP contribution in [-0.4, -0.2) is 43.7 Å². The van der Waals surface area contributed by atoms with Crippen molar-refractivity contribution in [2.45, 2.75) is 25.3 Å². The molecule has 5 aromatic rings. The lowest BCUT2D eigenvalue weighted by Crippen LogP contribution is -2.41. The molecule has 9 nitrogen and oxygen atoms in total. The number of anilines is 2. The molecule has 0 spiro atoms. The Morgan fingerprint density at radius 3 is 2.68 bits per heavy atom. The molecule has 0 bridgehead atoms. The topological polar surface area (TPSA) is 118 Å². The Hall–Kier alpha value is -4.79. The highest BCUT2D eigenvalue weighted by atomic mass is 16.5. The largest absolute Gasteiger partial charge is 0.484 e. The van der Waals surface area contributed by atoms with Crippen LogP contribution in [0.25, 0.3) is 33.5 Å². The van der Waals surface area contributed by atoms with Crippen LogP contribution in [0.15, 0.2) is 79.3 Å². The molecule has 184 valence electrons. The van der Waals surface area contributed by atoms with Gasteiger partial charge in [-0.1, -0.05) is 24.3 Å². The Balaban J connectivity index is 1.24. The van der Waals surface area contributed by atoms with Crippen molar-refractivity contribution in [3.63, 3.8) is 0 Å². The Labute approximate surface area is 213 Å². The first-order valence-corrected chi connectivity index (χ1v) is 12.2. The van der Waals surface area contributed by atoms with Crippen molar-refractivity contribution in [1.82, 2.24) is 30.5 Å². The van der Waals surface area contributed by atoms with Crippen LogP contribution >= 0.6 is 0 Å². The van der Waals surface area contributed by atoms with E-state index in [4.69, 9.17) is 14.7 Å². The average Bonchev–Trinajstić information content (AvgIpc) is 3.45. The molecule has 1 amide bonds. The number of nitrogens with one attached hydrogen (secondary N) is 3. The molecule has 1 saturated carbocycles. The van der Waals surface area contributed by atoms with Gasteiger partial charge < -0.3 is 15.4 Å². The van der Waals surface area contributed by atoms with Crippen LogP contribution in [0, 0.1) is 0 Å². The van der Waals surface area contributed by atoms with E-state index < -0.39 is 0 Å². The summed E-state index contributed by atoms with van der Waals surface area (Å²) in [6.07, 6.45) is 8.62. The van der Waals surface area contributed by atoms with E-state index in [0.717, 1.165) is 40.7 Å². The number of aromatic nitrogens is 5. The van der Waals surface area contributed by atoms with E-state index in [-0.39, 0.29) is 18.6 Å². The van der Waals surface area contributed by atoms with Crippen LogP contribution in [0.2, 0.25) is 0 Å². The van der Waals surface area contributed by atoms with Gasteiger partial charge in [0.2, 0.25) is 0 Å². The fraction of sp³-hybridized carbons (Fsp3) is 0.179. The highest BCUT2D eigenvalue weighted by molar-refractivity contribution is 5.89. The van der Waals surface area contributed by atoms with Crippen LogP contribution in [0.3, 0.4) is 0 Å². The molecular formula is C28H25N7O2. The number of rotatable bonds is 8. The molecule has 0 aliphatic heterocycles. The smallest absolute Gasteiger partial charge is 0.258 e. The zero-order valence-corrected chi connectivity index (χ0v) is 20.0. The van der Waals surface area contributed by atoms with E-state index in [0.29, 0.717) is 22.9 Å². The molecule has 1 fully saturated rings. The first-order valence-electron chi connectivity index (χ1n) is 12.2. The third-order valence-corrected chi connectivity index (χ3v) is 6.37. The number of benzene rings is 2. The number of aromatic amines is 1. The molecule has 1 aliphatic carbocycles. The molecule has 3 aromatic heterocycles. The molecule has 0 radical (unpaired) electrons. The number of hydrogen-bond acceptors (Lipinski definition) is 7. The number of amides is 1. The van der Waals surface area contributed by atoms with Gasteiger partial charge in [0.1, 0.15) is 11.3 Å². The first kappa shape index (κ1) is 22.7. The fourth-order valence-electron chi connectivity index (χ4n) is 4.17. The second-order valence-electron chi connectivity index (χ2n) is 8.97. The Kier molecular flexibility index (Phi) is 6.16. The molecule has 0 atom stereocenters. The van der Waals surface area contributed by atoms with Crippen LogP contribution < -0.4 is 15.4 Å². The molecule has 9 heteroatoms. The van der Waals surface area contributed by atoms with Crippen molar-refractivity contribution in [3.05, 3.63) is 79.3 Å². The third kappa shape index (κ3) is 5.11. The van der Waals surface area contributed by atoms with Gasteiger partial charge >= 0.3 is 0 Å². The summed E-state index contributed by atoms with van der Waals surface area (Å²) in [6.45, 7) is -0.0237. The highest BCUT2D eigenvalue weighted by Crippen LogP contribution is 2.29. The quantitative estimate of drug-likeness (QED) is 0.283. The number of carbonyl (C=O) groups is 1. The van der Waals surface area contributed by atoms with Crippen LogP contribution in [-0.2, 0) is 4.79 Å². The van der Waals surface area contributed by atoms with Crippen LogP contribution in [0.4, 0.5) is 11.5 Å². The van der Waals surface area contributed by atoms with Gasteiger partial charge in [-0.3, -0.25) is 14.9 Å². The van der Waals surface area contributed by atoms with Crippen molar-refractivity contribution in [3.8, 4) is 28.3 Å². The predicted octanol–water partition coefficient (Wildman–Crippen LogP) is 4.87. The third-order valence-electron chi connectivity index (χ3n) is 6.37. The van der Waals surface area contributed by atoms with Gasteiger partial charge in [-0.15, -0.1) is 0 Å². The molecule has 1 aliphatic rings. The summed E-state index contributed by atoms with van der Waals surface area (Å²) in [5.74, 6) is 1.61. The van der Waals surface area contributed by atoms with E-state index in [1.165, 1.54) is 6.42 Å². The molecule has 2 aromatic carbocycles. The first-order chi connectivity index (χ1) is 18.2. The maximum absolute atomic E-state index is 12.1. The monoisotopic (exact) mass is 491 g/mol. The maximum atomic E-state index is 12.1. The van der Waals surface area contributed by atoms with Crippen molar-refractivity contribution < 1.29 is 9.53 Å². The number of fused-ring (bicyclic) bond motifs is 1. The number of pyridine rings is 1. The second kappa shape index (κ2) is 10.1. The van der Waals surface area contributed by atoms with Gasteiger partial charge in [-0.2, -0.15) is 5.10 Å². The van der Waals surface area contributed by atoms with Gasteiger partial charge in [0.15, 0.2) is 18.2 Å². The minimum Gasteiger partial charge on any atom is -0.484 e. The van der Waals surface area contributed by atoms with Crippen LogP contribution in [0.1, 0.15) is 19.3 Å². The van der Waals surface area contributed by atoms with E-state index in [9.17, 15) is 4.79 Å². The molecule has 0 unspecified atom stereocenters. The minimum atomic E-state index is -0.103. The maximum Gasteiger partial charge on any atom is 0.258 e. The SMILES string of the molecule is O=C(COc1cccc(-c2nc(Nc3ccc(-c4cn[nH]c4)cc3)c3ncccc3n2)c1)NC1CCC1. The zero-order valence-electron chi connectivity index (χ0n) is 20.0. The van der Waals surface area contributed by atoms with E-state index in [1.807, 2.05) is 66.9 Å². The van der Waals surface area contributed by atoms with E-state index >= 15 is 0 Å². The molecular weight excluding hydrogens is 466 g/mol. The Morgan fingerprint density at radius 1 is 1.00 bits per heavy atom. The van der Waals surface area contributed by atoms with Gasteiger partial charge in [0.05, 0.1) is 11.7 Å². The molecule has 3 N–H and O–H groups in total. The van der Waals surface area contributed by atoms with Crippen molar-refractivity contribution in [2.75, 3.05) is 11.9 Å². The standard InChI is InChI=1S/C28H25N7O2/c36-25(32-21-5-2-6-21)17-37-23-7-1-4-19(14-23)27-34-24-8-3-13-29-26(24)28(35-27)33-22-11-9-18(10-12-22)20-15-30-31-16-20/h1,3-4,7-16,21H,2,5-6,17H2,(H,30,31)(H,32,36)(H,33,34,35). The summed E-state index contributed by atoms with van der Waals surface area (Å²) in [5.41, 5.74) is 5.12. The molecule has 6 rings (SSSR count). The average molecular weight is 492 g/mol. The summed E-state index contributed by atoms with van der Waals surface area (Å²) in [4.78, 5) is 26.2. The number of carbonyl (C=O) groups excluding carboxylic acids is 1. The van der Waals surface area contributed by atoms with Crippen molar-refractivity contribution in [2.24, 2.45) is 0 Å². The van der Waals surface area contributed by atoms with Crippen LogP contribution in [0.5, 0.6) is 5.75 Å². The lowest BCUT2D eigenvalue weighted by atomic mass is 9.93. The summed E-state index contributed by atoms with van der Waals surface area (Å²) >= 11 is 0. The molecule has 37 heavy (non-hydrogen) atoms. The van der Waals surface area contributed by atoms with Gasteiger partial charge in [-0.25, -0.2) is 9.97 Å². The van der Waals surface area contributed by atoms with Gasteiger partial charge in [0.25, 0.3) is 5.91 Å². The fourth-order valence-corrected chi connectivity index (χ4v) is 4.17. The summed E-state index contributed by atoms with van der Waals surface area (Å²) < 4.78 is 5.75. The van der Waals surface area contributed by atoms with Gasteiger partial charge in [-0.05, 0) is 61.2 Å². The van der Waals surface area contributed by atoms with Gasteiger partial charge in [0, 0.05) is 35.2 Å². The predicted molar refractivity (Wildman–Crippen MR) is 141 cm³/mol.